The van der Waals surface area contributed by atoms with Gasteiger partial charge in [0.2, 0.25) is 0 Å². The molecular formula is C21H34FNO. The van der Waals surface area contributed by atoms with Gasteiger partial charge in [0.05, 0.1) is 6.61 Å². The van der Waals surface area contributed by atoms with Crippen molar-refractivity contribution in [2.24, 2.45) is 0 Å². The Bertz CT molecular complexity index is 490. The lowest BCUT2D eigenvalue weighted by atomic mass is 10.0. The van der Waals surface area contributed by atoms with Crippen LogP contribution in [0.3, 0.4) is 0 Å². The van der Waals surface area contributed by atoms with Gasteiger partial charge in [-0.1, -0.05) is 66.9 Å². The van der Waals surface area contributed by atoms with Gasteiger partial charge >= 0.3 is 0 Å². The van der Waals surface area contributed by atoms with E-state index in [1.165, 1.54) is 6.08 Å². The molecule has 0 spiro atoms. The molecule has 0 aliphatic heterocycles. The third-order valence-electron chi connectivity index (χ3n) is 2.42. The summed E-state index contributed by atoms with van der Waals surface area (Å²) in [6.45, 7) is 18.9. The molecule has 0 radical (unpaired) electrons. The summed E-state index contributed by atoms with van der Waals surface area (Å²) >= 11 is 0. The van der Waals surface area contributed by atoms with Crippen molar-refractivity contribution in [1.82, 2.24) is 4.98 Å². The highest BCUT2D eigenvalue weighted by atomic mass is 19.1. The maximum atomic E-state index is 13.2. The number of hydrogen-bond donors (Lipinski definition) is 1. The second-order valence-corrected chi connectivity index (χ2v) is 3.69. The Kier molecular flexibility index (Phi) is 23.5. The van der Waals surface area contributed by atoms with Gasteiger partial charge in [-0.3, -0.25) is 4.98 Å². The number of pyridine rings is 1. The molecule has 2 nitrogen and oxygen atoms in total. The van der Waals surface area contributed by atoms with E-state index in [1.807, 2.05) is 41.5 Å². The van der Waals surface area contributed by atoms with Crippen LogP contribution in [0, 0.1) is 0 Å². The third kappa shape index (κ3) is 12.5. The van der Waals surface area contributed by atoms with Crippen molar-refractivity contribution >= 4 is 0 Å². The zero-order chi connectivity index (χ0) is 19.4. The van der Waals surface area contributed by atoms with Gasteiger partial charge in [0.1, 0.15) is 5.83 Å². The minimum absolute atomic E-state index is 0.0626. The quantitative estimate of drug-likeness (QED) is 0.615. The van der Waals surface area contributed by atoms with Crippen LogP contribution >= 0.6 is 0 Å². The molecule has 0 fully saturated rings. The van der Waals surface area contributed by atoms with Gasteiger partial charge in [0.15, 0.2) is 0 Å². The van der Waals surface area contributed by atoms with Crippen molar-refractivity contribution in [3.8, 4) is 0 Å². The molecule has 1 N–H and O–H groups in total. The Balaban J connectivity index is -0.000000659. The number of rotatable bonds is 6. The number of hydrogen-bond acceptors (Lipinski definition) is 2. The Morgan fingerprint density at radius 3 is 2.17 bits per heavy atom. The minimum atomic E-state index is -0.405. The Morgan fingerprint density at radius 1 is 1.12 bits per heavy atom. The van der Waals surface area contributed by atoms with Gasteiger partial charge in [-0.05, 0) is 41.3 Å². The number of aromatic nitrogens is 1. The van der Waals surface area contributed by atoms with Crippen LogP contribution in [0.4, 0.5) is 4.39 Å². The van der Waals surface area contributed by atoms with Crippen molar-refractivity contribution in [2.45, 2.75) is 54.6 Å². The number of aliphatic hydroxyl groups is 1. The molecular weight excluding hydrogens is 301 g/mol. The number of aliphatic hydroxyl groups excluding tert-OH is 1. The van der Waals surface area contributed by atoms with Crippen LogP contribution in [0.5, 0.6) is 0 Å². The topological polar surface area (TPSA) is 33.1 Å². The van der Waals surface area contributed by atoms with Crippen molar-refractivity contribution in [1.29, 1.82) is 0 Å². The first-order valence-corrected chi connectivity index (χ1v) is 8.55. The third-order valence-corrected chi connectivity index (χ3v) is 2.42. The van der Waals surface area contributed by atoms with E-state index in [9.17, 15) is 9.50 Å². The molecule has 0 bridgehead atoms. The van der Waals surface area contributed by atoms with E-state index < -0.39 is 5.83 Å². The lowest BCUT2D eigenvalue weighted by Gasteiger charge is -2.07. The normalized spacial score (nSPS) is 10.0. The molecule has 1 aromatic heterocycles. The first-order chi connectivity index (χ1) is 11.7. The highest BCUT2D eigenvalue weighted by molar-refractivity contribution is 5.35. The van der Waals surface area contributed by atoms with Gasteiger partial charge in [0.25, 0.3) is 0 Å². The first-order valence-electron chi connectivity index (χ1n) is 8.55. The zero-order valence-electron chi connectivity index (χ0n) is 16.1. The monoisotopic (exact) mass is 335 g/mol. The molecule has 0 aliphatic rings. The molecule has 136 valence electrons. The molecule has 0 unspecified atom stereocenters. The molecule has 0 aliphatic carbocycles. The lowest BCUT2D eigenvalue weighted by molar-refractivity contribution is 0.280. The molecule has 0 atom stereocenters. The molecule has 0 saturated carbocycles. The highest BCUT2D eigenvalue weighted by Gasteiger charge is 2.04. The second-order valence-electron chi connectivity index (χ2n) is 3.69. The predicted octanol–water partition coefficient (Wildman–Crippen LogP) is 6.35. The first kappa shape index (κ1) is 26.9. The smallest absolute Gasteiger partial charge is 0.122 e. The van der Waals surface area contributed by atoms with E-state index in [0.29, 0.717) is 6.42 Å². The van der Waals surface area contributed by atoms with Crippen molar-refractivity contribution in [3.05, 3.63) is 78.4 Å². The summed E-state index contributed by atoms with van der Waals surface area (Å²) in [7, 11) is 0. The predicted molar refractivity (Wildman–Crippen MR) is 106 cm³/mol. The number of allylic oxidation sites excluding steroid dienone is 6. The van der Waals surface area contributed by atoms with Crippen LogP contribution < -0.4 is 0 Å². The van der Waals surface area contributed by atoms with Crippen molar-refractivity contribution in [3.63, 3.8) is 0 Å². The summed E-state index contributed by atoms with van der Waals surface area (Å²) < 4.78 is 13.2. The van der Waals surface area contributed by atoms with Gasteiger partial charge < -0.3 is 5.11 Å². The molecule has 0 aromatic carbocycles. The SMILES string of the molecule is C=C/C=C(\C=C(\F)C=C)Cc1cnccc1CO.CC.CC.CC. The highest BCUT2D eigenvalue weighted by Crippen LogP contribution is 2.15. The molecule has 0 saturated heterocycles. The summed E-state index contributed by atoms with van der Waals surface area (Å²) in [5.41, 5.74) is 2.39. The van der Waals surface area contributed by atoms with Crippen LogP contribution in [0.1, 0.15) is 52.7 Å². The fraction of sp³-hybridized carbons (Fsp3) is 0.381. The van der Waals surface area contributed by atoms with Gasteiger partial charge in [-0.15, -0.1) is 0 Å². The fourth-order valence-corrected chi connectivity index (χ4v) is 1.53. The van der Waals surface area contributed by atoms with E-state index in [2.05, 4.69) is 18.1 Å². The Hall–Kier alpha value is -2.00. The van der Waals surface area contributed by atoms with Crippen LogP contribution in [0.2, 0.25) is 0 Å². The van der Waals surface area contributed by atoms with E-state index >= 15 is 0 Å². The average Bonchev–Trinajstić information content (AvgIpc) is 2.67. The van der Waals surface area contributed by atoms with Crippen LogP contribution in [0.15, 0.2) is 67.3 Å². The van der Waals surface area contributed by atoms with Crippen molar-refractivity contribution in [2.75, 3.05) is 0 Å². The summed E-state index contributed by atoms with van der Waals surface area (Å²) in [5.74, 6) is -0.405. The number of halogens is 1. The van der Waals surface area contributed by atoms with Gasteiger partial charge in [-0.2, -0.15) is 0 Å². The summed E-state index contributed by atoms with van der Waals surface area (Å²) in [4.78, 5) is 4.01. The van der Waals surface area contributed by atoms with E-state index in [4.69, 9.17) is 0 Å². The molecule has 1 rings (SSSR count). The second kappa shape index (κ2) is 21.0. The fourth-order valence-electron chi connectivity index (χ4n) is 1.53. The summed E-state index contributed by atoms with van der Waals surface area (Å²) in [6.07, 6.45) is 9.62. The van der Waals surface area contributed by atoms with E-state index in [-0.39, 0.29) is 6.61 Å². The average molecular weight is 336 g/mol. The Labute approximate surface area is 148 Å². The zero-order valence-corrected chi connectivity index (χ0v) is 16.1. The summed E-state index contributed by atoms with van der Waals surface area (Å²) in [6, 6.07) is 1.74. The maximum Gasteiger partial charge on any atom is 0.122 e. The van der Waals surface area contributed by atoms with Gasteiger partial charge in [0, 0.05) is 12.4 Å². The number of nitrogens with zero attached hydrogens (tertiary/aromatic N) is 1. The molecule has 24 heavy (non-hydrogen) atoms. The van der Waals surface area contributed by atoms with E-state index in [0.717, 1.165) is 22.8 Å². The summed E-state index contributed by atoms with van der Waals surface area (Å²) in [5, 5.41) is 9.22. The lowest BCUT2D eigenvalue weighted by Crippen LogP contribution is -1.97. The molecule has 3 heteroatoms. The molecule has 1 heterocycles. The van der Waals surface area contributed by atoms with Crippen molar-refractivity contribution < 1.29 is 9.50 Å². The van der Waals surface area contributed by atoms with Crippen LogP contribution in [-0.4, -0.2) is 10.1 Å². The van der Waals surface area contributed by atoms with Crippen LogP contribution in [0.25, 0.3) is 0 Å². The van der Waals surface area contributed by atoms with Gasteiger partial charge in [-0.25, -0.2) is 4.39 Å². The molecule has 1 aromatic rings. The minimum Gasteiger partial charge on any atom is -0.392 e. The largest absolute Gasteiger partial charge is 0.392 e. The molecule has 0 amide bonds. The van der Waals surface area contributed by atoms with Crippen LogP contribution in [-0.2, 0) is 13.0 Å². The standard InChI is InChI=1S/C15H16FNO.3C2H6/c1-3-5-12(9-15(16)4-2)8-14-10-17-7-6-13(14)11-18;3*1-2/h3-7,9-10,18H,1-2,8,11H2;3*1-2H3/b12-5-,15-9+;;;. The van der Waals surface area contributed by atoms with E-state index in [1.54, 1.807) is 30.6 Å². The maximum absolute atomic E-state index is 13.2. The Morgan fingerprint density at radius 2 is 1.71 bits per heavy atom.